The van der Waals surface area contributed by atoms with E-state index in [9.17, 15) is 14.4 Å². The van der Waals surface area contributed by atoms with Gasteiger partial charge in [0, 0.05) is 37.3 Å². The first-order valence-corrected chi connectivity index (χ1v) is 8.11. The molecule has 0 aromatic heterocycles. The first-order valence-electron chi connectivity index (χ1n) is 8.11. The fourth-order valence-corrected chi connectivity index (χ4v) is 3.23. The minimum Gasteiger partial charge on any atom is -0.353 e. The van der Waals surface area contributed by atoms with Crippen LogP contribution in [-0.4, -0.2) is 48.3 Å². The van der Waals surface area contributed by atoms with Crippen LogP contribution in [0.3, 0.4) is 0 Å². The molecular formula is C17H21N3O3. The molecule has 122 valence electrons. The van der Waals surface area contributed by atoms with Gasteiger partial charge >= 0.3 is 0 Å². The number of hydrogen-bond donors (Lipinski definition) is 1. The predicted octanol–water partition coefficient (Wildman–Crippen LogP) is 1.16. The van der Waals surface area contributed by atoms with Gasteiger partial charge in [-0.05, 0) is 37.1 Å². The molecule has 6 nitrogen and oxygen atoms in total. The van der Waals surface area contributed by atoms with Gasteiger partial charge in [0.2, 0.25) is 11.8 Å². The number of nitrogens with one attached hydrogen (secondary N) is 1. The molecule has 1 N–H and O–H groups in total. The molecule has 0 bridgehead atoms. The van der Waals surface area contributed by atoms with Crippen LogP contribution in [-0.2, 0) is 9.59 Å². The van der Waals surface area contributed by atoms with Crippen LogP contribution in [0.4, 0.5) is 5.69 Å². The Hall–Kier alpha value is -2.37. The predicted molar refractivity (Wildman–Crippen MR) is 86.2 cm³/mol. The van der Waals surface area contributed by atoms with Gasteiger partial charge in [0.25, 0.3) is 5.91 Å². The molecule has 6 heteroatoms. The van der Waals surface area contributed by atoms with Crippen LogP contribution >= 0.6 is 0 Å². The monoisotopic (exact) mass is 315 g/mol. The van der Waals surface area contributed by atoms with Crippen LogP contribution in [0.1, 0.15) is 36.5 Å². The molecule has 2 saturated heterocycles. The Morgan fingerprint density at radius 2 is 1.96 bits per heavy atom. The van der Waals surface area contributed by atoms with Gasteiger partial charge in [0.1, 0.15) is 6.04 Å². The van der Waals surface area contributed by atoms with Crippen LogP contribution < -0.4 is 10.2 Å². The van der Waals surface area contributed by atoms with Crippen LogP contribution in [0, 0.1) is 0 Å². The normalized spacial score (nSPS) is 21.5. The molecule has 0 radical (unpaired) electrons. The molecule has 1 unspecified atom stereocenters. The van der Waals surface area contributed by atoms with Gasteiger partial charge < -0.3 is 15.1 Å². The van der Waals surface area contributed by atoms with E-state index in [1.807, 2.05) is 6.92 Å². The first kappa shape index (κ1) is 15.5. The number of benzene rings is 1. The summed E-state index contributed by atoms with van der Waals surface area (Å²) in [6, 6.07) is 6.68. The Kier molecular flexibility index (Phi) is 4.32. The van der Waals surface area contributed by atoms with E-state index in [-0.39, 0.29) is 17.7 Å². The molecule has 23 heavy (non-hydrogen) atoms. The molecule has 0 spiro atoms. The summed E-state index contributed by atoms with van der Waals surface area (Å²) in [7, 11) is 0. The second kappa shape index (κ2) is 6.40. The van der Waals surface area contributed by atoms with Gasteiger partial charge in [0.05, 0.1) is 0 Å². The summed E-state index contributed by atoms with van der Waals surface area (Å²) in [6.07, 6.45) is 2.06. The average Bonchev–Trinajstić information content (AvgIpc) is 3.00. The van der Waals surface area contributed by atoms with E-state index in [0.717, 1.165) is 18.7 Å². The van der Waals surface area contributed by atoms with E-state index < -0.39 is 6.04 Å². The Balaban J connectivity index is 1.77. The summed E-state index contributed by atoms with van der Waals surface area (Å²) in [5.41, 5.74) is 1.38. The maximum Gasteiger partial charge on any atom is 0.254 e. The molecular weight excluding hydrogens is 294 g/mol. The van der Waals surface area contributed by atoms with E-state index in [0.29, 0.717) is 31.5 Å². The first-order chi connectivity index (χ1) is 11.1. The SMILES string of the molecule is CCC1C(=O)NCCN1C(=O)c1ccc(N2CCCC2=O)cc1. The number of amides is 3. The molecule has 3 amide bonds. The number of carbonyl (C=O) groups is 3. The average molecular weight is 315 g/mol. The highest BCUT2D eigenvalue weighted by atomic mass is 16.2. The van der Waals surface area contributed by atoms with Crippen molar-refractivity contribution in [1.82, 2.24) is 10.2 Å². The Bertz CT molecular complexity index is 626. The van der Waals surface area contributed by atoms with E-state index >= 15 is 0 Å². The lowest BCUT2D eigenvalue weighted by molar-refractivity contribution is -0.127. The lowest BCUT2D eigenvalue weighted by atomic mass is 10.1. The zero-order chi connectivity index (χ0) is 16.4. The van der Waals surface area contributed by atoms with Crippen molar-refractivity contribution < 1.29 is 14.4 Å². The maximum absolute atomic E-state index is 12.7. The molecule has 2 heterocycles. The Morgan fingerprint density at radius 3 is 2.57 bits per heavy atom. The van der Waals surface area contributed by atoms with Crippen LogP contribution in [0.25, 0.3) is 0 Å². The van der Waals surface area contributed by atoms with Gasteiger partial charge in [-0.1, -0.05) is 6.92 Å². The highest BCUT2D eigenvalue weighted by Gasteiger charge is 2.32. The highest BCUT2D eigenvalue weighted by molar-refractivity contribution is 5.99. The van der Waals surface area contributed by atoms with Crippen LogP contribution in [0.2, 0.25) is 0 Å². The van der Waals surface area contributed by atoms with Gasteiger partial charge in [-0.3, -0.25) is 14.4 Å². The highest BCUT2D eigenvalue weighted by Crippen LogP contribution is 2.22. The van der Waals surface area contributed by atoms with Crippen LogP contribution in [0.5, 0.6) is 0 Å². The van der Waals surface area contributed by atoms with Crippen molar-refractivity contribution >= 4 is 23.4 Å². The third kappa shape index (κ3) is 2.93. The number of carbonyl (C=O) groups excluding carboxylic acids is 3. The number of hydrogen-bond acceptors (Lipinski definition) is 3. The van der Waals surface area contributed by atoms with E-state index in [4.69, 9.17) is 0 Å². The quantitative estimate of drug-likeness (QED) is 0.910. The molecule has 2 aliphatic rings. The van der Waals surface area contributed by atoms with E-state index in [1.165, 1.54) is 0 Å². The van der Waals surface area contributed by atoms with Crippen molar-refractivity contribution in [3.63, 3.8) is 0 Å². The molecule has 1 atom stereocenters. The number of anilines is 1. The summed E-state index contributed by atoms with van der Waals surface area (Å²) in [5.74, 6) is -0.0970. The third-order valence-electron chi connectivity index (χ3n) is 4.48. The summed E-state index contributed by atoms with van der Waals surface area (Å²) in [4.78, 5) is 39.7. The van der Waals surface area contributed by atoms with Gasteiger partial charge in [-0.25, -0.2) is 0 Å². The second-order valence-corrected chi connectivity index (χ2v) is 5.91. The minimum atomic E-state index is -0.406. The fourth-order valence-electron chi connectivity index (χ4n) is 3.23. The molecule has 1 aromatic carbocycles. The summed E-state index contributed by atoms with van der Waals surface area (Å²) in [5, 5.41) is 2.79. The Morgan fingerprint density at radius 1 is 1.22 bits per heavy atom. The van der Waals surface area contributed by atoms with E-state index in [1.54, 1.807) is 34.1 Å². The lowest BCUT2D eigenvalue weighted by Crippen LogP contribution is -2.56. The summed E-state index contributed by atoms with van der Waals surface area (Å²) < 4.78 is 0. The van der Waals surface area contributed by atoms with Crippen LogP contribution in [0.15, 0.2) is 24.3 Å². The van der Waals surface area contributed by atoms with Crippen molar-refractivity contribution in [2.75, 3.05) is 24.5 Å². The van der Waals surface area contributed by atoms with Crippen molar-refractivity contribution in [1.29, 1.82) is 0 Å². The fraction of sp³-hybridized carbons (Fsp3) is 0.471. The van der Waals surface area contributed by atoms with Gasteiger partial charge in [-0.15, -0.1) is 0 Å². The smallest absolute Gasteiger partial charge is 0.254 e. The maximum atomic E-state index is 12.7. The third-order valence-corrected chi connectivity index (χ3v) is 4.48. The summed E-state index contributed by atoms with van der Waals surface area (Å²) >= 11 is 0. The van der Waals surface area contributed by atoms with Crippen molar-refractivity contribution in [2.45, 2.75) is 32.2 Å². The second-order valence-electron chi connectivity index (χ2n) is 5.91. The topological polar surface area (TPSA) is 69.7 Å². The number of rotatable bonds is 3. The van der Waals surface area contributed by atoms with Gasteiger partial charge in [-0.2, -0.15) is 0 Å². The molecule has 1 aromatic rings. The van der Waals surface area contributed by atoms with E-state index in [2.05, 4.69) is 5.32 Å². The summed E-state index contributed by atoms with van der Waals surface area (Å²) in [6.45, 7) is 3.64. The standard InChI is InChI=1S/C17H21N3O3/c1-2-14-16(22)18-9-11-20(14)17(23)12-5-7-13(8-6-12)19-10-3-4-15(19)21/h5-8,14H,2-4,9-11H2,1H3,(H,18,22). The zero-order valence-corrected chi connectivity index (χ0v) is 13.2. The van der Waals surface area contributed by atoms with Gasteiger partial charge in [0.15, 0.2) is 0 Å². The lowest BCUT2D eigenvalue weighted by Gasteiger charge is -2.34. The molecule has 3 rings (SSSR count). The molecule has 0 aliphatic carbocycles. The largest absolute Gasteiger partial charge is 0.353 e. The molecule has 2 aliphatic heterocycles. The molecule has 2 fully saturated rings. The zero-order valence-electron chi connectivity index (χ0n) is 13.2. The Labute approximate surface area is 135 Å². The van der Waals surface area contributed by atoms with Crippen molar-refractivity contribution in [3.8, 4) is 0 Å². The number of nitrogens with zero attached hydrogens (tertiary/aromatic N) is 2. The molecule has 0 saturated carbocycles. The number of piperazine rings is 1. The van der Waals surface area contributed by atoms with Crippen molar-refractivity contribution in [3.05, 3.63) is 29.8 Å². The minimum absolute atomic E-state index is 0.0913. The van der Waals surface area contributed by atoms with Crippen molar-refractivity contribution in [2.24, 2.45) is 0 Å².